The maximum absolute atomic E-state index is 13.4. The molecule has 6 aromatic heterocycles. The molecule has 0 saturated carbocycles. The number of rotatable bonds is 10. The third kappa shape index (κ3) is 10.00. The van der Waals surface area contributed by atoms with E-state index in [2.05, 4.69) is 75.8 Å². The molecule has 0 aliphatic carbocycles. The summed E-state index contributed by atoms with van der Waals surface area (Å²) < 4.78 is 53.6. The minimum absolute atomic E-state index is 0.243. The highest BCUT2D eigenvalue weighted by Crippen LogP contribution is 2.32. The lowest BCUT2D eigenvalue weighted by Gasteiger charge is -2.29. The zero-order valence-electron chi connectivity index (χ0n) is 34.9. The first-order chi connectivity index (χ1) is 31.3. The SMILES string of the molecule is FC(F)c1cc2cnc(Nc3ccc(N4CCNCC4)cn3)nc2c(-c2ccccc2)n1.FC(F)c1cc2cnc(Nc3ccc(N4CCNCC4)cn3)nc2c(N2CCCCC2)n1. The molecule has 9 heterocycles. The van der Waals surface area contributed by atoms with Crippen molar-refractivity contribution in [2.75, 3.05) is 90.8 Å². The Bertz CT molecular complexity index is 2640. The lowest BCUT2D eigenvalue weighted by Crippen LogP contribution is -2.43. The summed E-state index contributed by atoms with van der Waals surface area (Å²) in [6, 6.07) is 19.7. The summed E-state index contributed by atoms with van der Waals surface area (Å²) in [5.41, 5.74) is 3.77. The minimum atomic E-state index is -2.68. The highest BCUT2D eigenvalue weighted by atomic mass is 19.3. The van der Waals surface area contributed by atoms with Crippen molar-refractivity contribution in [1.29, 1.82) is 0 Å². The van der Waals surface area contributed by atoms with Crippen molar-refractivity contribution >= 4 is 62.5 Å². The molecule has 1 aromatic carbocycles. The molecule has 10 rings (SSSR count). The smallest absolute Gasteiger partial charge is 0.280 e. The van der Waals surface area contributed by atoms with E-state index >= 15 is 0 Å². The van der Waals surface area contributed by atoms with E-state index < -0.39 is 12.9 Å². The molecule has 3 fully saturated rings. The third-order valence-electron chi connectivity index (χ3n) is 11.2. The Hall–Kier alpha value is -6.86. The average molecular weight is 874 g/mol. The Morgan fingerprint density at radius 1 is 0.500 bits per heavy atom. The lowest BCUT2D eigenvalue weighted by atomic mass is 10.1. The molecule has 3 aliphatic heterocycles. The molecule has 4 N–H and O–H groups in total. The molecule has 0 amide bonds. The van der Waals surface area contributed by atoms with Gasteiger partial charge >= 0.3 is 0 Å². The Balaban J connectivity index is 0.000000162. The van der Waals surface area contributed by atoms with Crippen LogP contribution in [-0.2, 0) is 0 Å². The van der Waals surface area contributed by atoms with Crippen molar-refractivity contribution in [2.24, 2.45) is 0 Å². The highest BCUT2D eigenvalue weighted by Gasteiger charge is 2.22. The van der Waals surface area contributed by atoms with Crippen LogP contribution in [-0.4, -0.2) is 105 Å². The van der Waals surface area contributed by atoms with Gasteiger partial charge in [0, 0.05) is 94.2 Å². The maximum Gasteiger partial charge on any atom is 0.280 e. The molecule has 0 bridgehead atoms. The van der Waals surface area contributed by atoms with E-state index in [-0.39, 0.29) is 11.4 Å². The van der Waals surface area contributed by atoms with Gasteiger partial charge in [-0.1, -0.05) is 30.3 Å². The van der Waals surface area contributed by atoms with Crippen LogP contribution in [0, 0.1) is 0 Å². The van der Waals surface area contributed by atoms with Gasteiger partial charge in [-0.05, 0) is 55.7 Å². The van der Waals surface area contributed by atoms with Crippen molar-refractivity contribution in [2.45, 2.75) is 32.1 Å². The summed E-state index contributed by atoms with van der Waals surface area (Å²) in [5.74, 6) is 2.42. The monoisotopic (exact) mass is 873 g/mol. The fourth-order valence-electron chi connectivity index (χ4n) is 7.94. The molecule has 19 heteroatoms. The van der Waals surface area contributed by atoms with Crippen molar-refractivity contribution in [3.63, 3.8) is 0 Å². The van der Waals surface area contributed by atoms with Crippen LogP contribution in [0.25, 0.3) is 33.1 Å². The molecule has 0 spiro atoms. The molecule has 15 nitrogen and oxygen atoms in total. The molecule has 0 atom stereocenters. The number of piperidine rings is 1. The minimum Gasteiger partial charge on any atom is -0.368 e. The van der Waals surface area contributed by atoms with Crippen LogP contribution < -0.4 is 36.0 Å². The van der Waals surface area contributed by atoms with Crippen LogP contribution in [0.15, 0.2) is 91.5 Å². The van der Waals surface area contributed by atoms with E-state index in [1.807, 2.05) is 67.0 Å². The third-order valence-corrected chi connectivity index (χ3v) is 11.2. The largest absolute Gasteiger partial charge is 0.368 e. The Morgan fingerprint density at radius 2 is 1.02 bits per heavy atom. The molecular formula is C45H47F4N15. The second kappa shape index (κ2) is 19.7. The molecule has 330 valence electrons. The standard InChI is InChI=1S/C23H21F2N7.C22H26F2N8/c24-22(25)18-12-16-13-28-23(31-21(16)20(29-18)15-4-2-1-3-5-15)30-19-7-6-17(14-27-19)32-10-8-26-9-11-32;23-20(24)17-12-15-13-27-22(30-19(15)21(28-17)32-8-2-1-3-9-32)29-18-5-4-16(14-26-18)31-10-6-25-7-11-31/h1-7,12-14,22,26H,8-11H2,(H,27,28,30,31);4-5,12-14,20,25H,1-3,6-11H2,(H,26,27,29,30). The highest BCUT2D eigenvalue weighted by molar-refractivity contribution is 5.92. The quantitative estimate of drug-likeness (QED) is 0.0991. The molecule has 3 saturated heterocycles. The van der Waals surface area contributed by atoms with Gasteiger partial charge in [0.1, 0.15) is 34.1 Å². The number of alkyl halides is 4. The summed E-state index contributed by atoms with van der Waals surface area (Å²) in [7, 11) is 0. The topological polar surface area (TPSA) is 161 Å². The Labute approximate surface area is 366 Å². The van der Waals surface area contributed by atoms with Crippen molar-refractivity contribution in [3.05, 3.63) is 103 Å². The van der Waals surface area contributed by atoms with Gasteiger partial charge in [-0.3, -0.25) is 0 Å². The zero-order chi connectivity index (χ0) is 43.8. The van der Waals surface area contributed by atoms with Crippen molar-refractivity contribution in [1.82, 2.24) is 50.5 Å². The fraction of sp³-hybridized carbons (Fsp3) is 0.333. The van der Waals surface area contributed by atoms with Gasteiger partial charge in [0.2, 0.25) is 11.9 Å². The van der Waals surface area contributed by atoms with Crippen LogP contribution in [0.1, 0.15) is 43.5 Å². The van der Waals surface area contributed by atoms with E-state index in [0.717, 1.165) is 96.1 Å². The van der Waals surface area contributed by atoms with E-state index in [1.165, 1.54) is 18.3 Å². The number of hydrogen-bond acceptors (Lipinski definition) is 15. The number of anilines is 7. The van der Waals surface area contributed by atoms with Crippen molar-refractivity contribution in [3.8, 4) is 11.3 Å². The second-order valence-electron chi connectivity index (χ2n) is 15.6. The van der Waals surface area contributed by atoms with E-state index in [4.69, 9.17) is 0 Å². The normalized spacial score (nSPS) is 15.7. The summed E-state index contributed by atoms with van der Waals surface area (Å²) in [4.78, 5) is 41.9. The van der Waals surface area contributed by atoms with Crippen LogP contribution in [0.5, 0.6) is 0 Å². The number of benzene rings is 1. The first-order valence-corrected chi connectivity index (χ1v) is 21.4. The summed E-state index contributed by atoms with van der Waals surface area (Å²) in [6.07, 6.45) is 4.60. The number of aromatic nitrogens is 8. The van der Waals surface area contributed by atoms with Crippen LogP contribution in [0.3, 0.4) is 0 Å². The van der Waals surface area contributed by atoms with Gasteiger partial charge in [0.15, 0.2) is 5.82 Å². The van der Waals surface area contributed by atoms with E-state index in [9.17, 15) is 17.6 Å². The molecular weight excluding hydrogens is 827 g/mol. The fourth-order valence-corrected chi connectivity index (χ4v) is 7.94. The van der Waals surface area contributed by atoms with E-state index in [1.54, 1.807) is 6.20 Å². The van der Waals surface area contributed by atoms with Crippen LogP contribution in [0.4, 0.5) is 58.3 Å². The second-order valence-corrected chi connectivity index (χ2v) is 15.6. The number of fused-ring (bicyclic) bond motifs is 2. The first-order valence-electron chi connectivity index (χ1n) is 21.4. The molecule has 0 unspecified atom stereocenters. The summed E-state index contributed by atoms with van der Waals surface area (Å²) in [6.45, 7) is 9.21. The Morgan fingerprint density at radius 3 is 1.53 bits per heavy atom. The van der Waals surface area contributed by atoms with E-state index in [0.29, 0.717) is 62.4 Å². The van der Waals surface area contributed by atoms with Crippen molar-refractivity contribution < 1.29 is 17.6 Å². The summed E-state index contributed by atoms with van der Waals surface area (Å²) >= 11 is 0. The van der Waals surface area contributed by atoms with Gasteiger partial charge in [0.25, 0.3) is 12.9 Å². The van der Waals surface area contributed by atoms with Gasteiger partial charge < -0.3 is 36.0 Å². The zero-order valence-corrected chi connectivity index (χ0v) is 34.9. The predicted octanol–water partition coefficient (Wildman–Crippen LogP) is 7.68. The average Bonchev–Trinajstić information content (AvgIpc) is 3.35. The van der Waals surface area contributed by atoms with Crippen LogP contribution >= 0.6 is 0 Å². The van der Waals surface area contributed by atoms with Gasteiger partial charge in [0.05, 0.1) is 29.5 Å². The lowest BCUT2D eigenvalue weighted by molar-refractivity contribution is 0.146. The number of halogens is 4. The summed E-state index contributed by atoms with van der Waals surface area (Å²) in [5, 5.41) is 14.0. The van der Waals surface area contributed by atoms with Gasteiger partial charge in [-0.15, -0.1) is 0 Å². The molecule has 64 heavy (non-hydrogen) atoms. The number of nitrogens with zero attached hydrogens (tertiary/aromatic N) is 11. The Kier molecular flexibility index (Phi) is 13.0. The first kappa shape index (κ1) is 42.4. The molecule has 0 radical (unpaired) electrons. The maximum atomic E-state index is 13.4. The molecule has 3 aliphatic rings. The van der Waals surface area contributed by atoms with Crippen LogP contribution in [0.2, 0.25) is 0 Å². The number of pyridine rings is 4. The number of hydrogen-bond donors (Lipinski definition) is 4. The van der Waals surface area contributed by atoms with Gasteiger partial charge in [-0.25, -0.2) is 57.4 Å². The predicted molar refractivity (Wildman–Crippen MR) is 241 cm³/mol. The number of piperazine rings is 2. The van der Waals surface area contributed by atoms with Gasteiger partial charge in [-0.2, -0.15) is 0 Å². The molecule has 7 aromatic rings. The number of nitrogens with one attached hydrogen (secondary N) is 4.